The van der Waals surface area contributed by atoms with E-state index in [9.17, 15) is 13.2 Å². The summed E-state index contributed by atoms with van der Waals surface area (Å²) in [4.78, 5) is 18.8. The predicted molar refractivity (Wildman–Crippen MR) is 117 cm³/mol. The number of amidine groups is 1. The molecule has 0 spiro atoms. The summed E-state index contributed by atoms with van der Waals surface area (Å²) in [6.07, 6.45) is 0.158. The average Bonchev–Trinajstić information content (AvgIpc) is 3.14. The minimum absolute atomic E-state index is 0.0566. The number of anilines is 1. The molecule has 2 atom stereocenters. The SMILES string of the molecule is COc1ccc(N2C(=NC(=O)Cc3ccc(Cl)cc3)S[C@H]3CS(=O)(=O)C[C@H]32)cc1. The van der Waals surface area contributed by atoms with Gasteiger partial charge in [-0.15, -0.1) is 0 Å². The number of halogens is 1. The van der Waals surface area contributed by atoms with Crippen molar-refractivity contribution in [2.45, 2.75) is 17.7 Å². The second-order valence-corrected chi connectivity index (χ2v) is 10.8. The normalized spacial score (nSPS) is 23.9. The zero-order valence-electron chi connectivity index (χ0n) is 15.6. The lowest BCUT2D eigenvalue weighted by molar-refractivity contribution is -0.117. The van der Waals surface area contributed by atoms with Crippen molar-refractivity contribution in [1.82, 2.24) is 0 Å². The van der Waals surface area contributed by atoms with Crippen LogP contribution in [-0.4, -0.2) is 49.4 Å². The molecule has 0 unspecified atom stereocenters. The number of rotatable bonds is 4. The number of fused-ring (bicyclic) bond motifs is 1. The molecule has 0 radical (unpaired) electrons. The quantitative estimate of drug-likeness (QED) is 0.712. The van der Waals surface area contributed by atoms with Gasteiger partial charge < -0.3 is 9.64 Å². The Morgan fingerprint density at radius 2 is 1.86 bits per heavy atom. The maximum atomic E-state index is 12.6. The number of hydrogen-bond acceptors (Lipinski definition) is 5. The highest BCUT2D eigenvalue weighted by Gasteiger charge is 2.49. The van der Waals surface area contributed by atoms with Gasteiger partial charge in [0, 0.05) is 16.0 Å². The van der Waals surface area contributed by atoms with Crippen LogP contribution in [0.5, 0.6) is 5.75 Å². The number of ether oxygens (including phenoxy) is 1. The fourth-order valence-corrected chi connectivity index (χ4v) is 7.59. The minimum Gasteiger partial charge on any atom is -0.497 e. The number of carbonyl (C=O) groups is 1. The topological polar surface area (TPSA) is 76.0 Å². The van der Waals surface area contributed by atoms with Gasteiger partial charge in [0.2, 0.25) is 0 Å². The van der Waals surface area contributed by atoms with Crippen LogP contribution >= 0.6 is 23.4 Å². The fraction of sp³-hybridized carbons (Fsp3) is 0.300. The van der Waals surface area contributed by atoms with Crippen molar-refractivity contribution in [2.75, 3.05) is 23.5 Å². The maximum absolute atomic E-state index is 12.6. The van der Waals surface area contributed by atoms with Crippen LogP contribution in [0.3, 0.4) is 0 Å². The molecule has 29 heavy (non-hydrogen) atoms. The van der Waals surface area contributed by atoms with E-state index in [4.69, 9.17) is 16.3 Å². The summed E-state index contributed by atoms with van der Waals surface area (Å²) in [6, 6.07) is 14.2. The predicted octanol–water partition coefficient (Wildman–Crippen LogP) is 3.19. The summed E-state index contributed by atoms with van der Waals surface area (Å²) in [7, 11) is -1.52. The van der Waals surface area contributed by atoms with Crippen molar-refractivity contribution < 1.29 is 17.9 Å². The molecule has 2 aliphatic rings. The molecule has 2 aliphatic heterocycles. The number of nitrogens with zero attached hydrogens (tertiary/aromatic N) is 2. The lowest BCUT2D eigenvalue weighted by Crippen LogP contribution is -2.37. The first kappa shape index (κ1) is 20.3. The Kier molecular flexibility index (Phi) is 5.59. The highest BCUT2D eigenvalue weighted by molar-refractivity contribution is 8.16. The highest BCUT2D eigenvalue weighted by Crippen LogP contribution is 2.41. The molecule has 2 heterocycles. The van der Waals surface area contributed by atoms with Gasteiger partial charge >= 0.3 is 0 Å². The zero-order valence-corrected chi connectivity index (χ0v) is 18.0. The smallest absolute Gasteiger partial charge is 0.252 e. The number of hydrogen-bond donors (Lipinski definition) is 0. The Balaban J connectivity index is 1.62. The molecular formula is C20H19ClN2O4S2. The molecule has 1 amide bonds. The van der Waals surface area contributed by atoms with Crippen molar-refractivity contribution in [3.05, 3.63) is 59.1 Å². The van der Waals surface area contributed by atoms with Gasteiger partial charge in [-0.2, -0.15) is 4.99 Å². The molecule has 2 aromatic rings. The van der Waals surface area contributed by atoms with E-state index < -0.39 is 9.84 Å². The van der Waals surface area contributed by atoms with Crippen LogP contribution in [0.15, 0.2) is 53.5 Å². The lowest BCUT2D eigenvalue weighted by Gasteiger charge is -2.24. The van der Waals surface area contributed by atoms with E-state index in [2.05, 4.69) is 4.99 Å². The van der Waals surface area contributed by atoms with Crippen molar-refractivity contribution in [2.24, 2.45) is 4.99 Å². The number of amides is 1. The van der Waals surface area contributed by atoms with Crippen LogP contribution in [-0.2, 0) is 21.1 Å². The molecule has 0 aromatic heterocycles. The molecule has 0 N–H and O–H groups in total. The Morgan fingerprint density at radius 3 is 2.52 bits per heavy atom. The largest absolute Gasteiger partial charge is 0.497 e. The van der Waals surface area contributed by atoms with Crippen molar-refractivity contribution in [1.29, 1.82) is 0 Å². The van der Waals surface area contributed by atoms with Crippen LogP contribution in [0.2, 0.25) is 5.02 Å². The Bertz CT molecular complexity index is 1050. The van der Waals surface area contributed by atoms with Crippen molar-refractivity contribution in [3.8, 4) is 5.75 Å². The summed E-state index contributed by atoms with van der Waals surface area (Å²) in [5, 5.41) is 1.02. The maximum Gasteiger partial charge on any atom is 0.252 e. The zero-order chi connectivity index (χ0) is 20.6. The van der Waals surface area contributed by atoms with E-state index in [1.165, 1.54) is 11.8 Å². The summed E-state index contributed by atoms with van der Waals surface area (Å²) in [6.45, 7) is 0. The lowest BCUT2D eigenvalue weighted by atomic mass is 10.1. The summed E-state index contributed by atoms with van der Waals surface area (Å²) < 4.78 is 29.5. The van der Waals surface area contributed by atoms with E-state index in [0.717, 1.165) is 11.3 Å². The van der Waals surface area contributed by atoms with Gasteiger partial charge in [0.1, 0.15) is 5.75 Å². The first-order chi connectivity index (χ1) is 13.8. The second kappa shape index (κ2) is 8.01. The summed E-state index contributed by atoms with van der Waals surface area (Å²) in [5.74, 6) is 0.574. The third-order valence-electron chi connectivity index (χ3n) is 4.91. The Morgan fingerprint density at radius 1 is 1.17 bits per heavy atom. The standard InChI is InChI=1S/C20H19ClN2O4S2/c1-27-16-8-6-15(7-9-16)23-17-11-29(25,26)12-18(17)28-20(23)22-19(24)10-13-2-4-14(21)5-3-13/h2-9,17-18H,10-12H2,1H3/t17-,18+/m1/s1. The highest BCUT2D eigenvalue weighted by atomic mass is 35.5. The number of sulfone groups is 1. The molecule has 9 heteroatoms. The summed E-state index contributed by atoms with van der Waals surface area (Å²) >= 11 is 7.25. The Labute approximate surface area is 178 Å². The number of thioether (sulfide) groups is 1. The van der Waals surface area contributed by atoms with Gasteiger partial charge in [-0.05, 0) is 42.0 Å². The van der Waals surface area contributed by atoms with E-state index in [1.54, 1.807) is 31.4 Å². The van der Waals surface area contributed by atoms with Crippen LogP contribution in [0, 0.1) is 0 Å². The van der Waals surface area contributed by atoms with Gasteiger partial charge in [-0.1, -0.05) is 35.5 Å². The van der Waals surface area contributed by atoms with Gasteiger partial charge in [-0.3, -0.25) is 4.79 Å². The first-order valence-electron chi connectivity index (χ1n) is 9.01. The molecule has 2 saturated heterocycles. The molecule has 152 valence electrons. The number of methoxy groups -OCH3 is 1. The number of benzene rings is 2. The minimum atomic E-state index is -3.10. The van der Waals surface area contributed by atoms with Crippen molar-refractivity contribution in [3.63, 3.8) is 0 Å². The first-order valence-corrected chi connectivity index (χ1v) is 12.1. The molecule has 2 aromatic carbocycles. The van der Waals surface area contributed by atoms with E-state index in [0.29, 0.717) is 15.9 Å². The van der Waals surface area contributed by atoms with Gasteiger partial charge in [-0.25, -0.2) is 8.42 Å². The third-order valence-corrected chi connectivity index (χ3v) is 8.37. The molecule has 2 fully saturated rings. The van der Waals surface area contributed by atoms with Gasteiger partial charge in [0.05, 0.1) is 31.1 Å². The van der Waals surface area contributed by atoms with Gasteiger partial charge in [0.25, 0.3) is 5.91 Å². The fourth-order valence-electron chi connectivity index (χ4n) is 3.53. The third kappa shape index (κ3) is 4.44. The molecule has 0 aliphatic carbocycles. The molecule has 4 rings (SSSR count). The number of carbonyl (C=O) groups excluding carboxylic acids is 1. The molecule has 0 bridgehead atoms. The summed E-state index contributed by atoms with van der Waals surface area (Å²) in [5.41, 5.74) is 1.62. The van der Waals surface area contributed by atoms with Crippen LogP contribution in [0.1, 0.15) is 5.56 Å². The van der Waals surface area contributed by atoms with E-state index in [-0.39, 0.29) is 35.1 Å². The Hall–Kier alpha value is -2.03. The average molecular weight is 451 g/mol. The van der Waals surface area contributed by atoms with Crippen molar-refractivity contribution >= 4 is 50.0 Å². The second-order valence-electron chi connectivity index (χ2n) is 6.96. The molecule has 0 saturated carbocycles. The molecule has 6 nitrogen and oxygen atoms in total. The van der Waals surface area contributed by atoms with Gasteiger partial charge in [0.15, 0.2) is 15.0 Å². The van der Waals surface area contributed by atoms with Crippen LogP contribution < -0.4 is 9.64 Å². The van der Waals surface area contributed by atoms with E-state index >= 15 is 0 Å². The van der Waals surface area contributed by atoms with Crippen LogP contribution in [0.4, 0.5) is 5.69 Å². The van der Waals surface area contributed by atoms with E-state index in [1.807, 2.05) is 29.2 Å². The monoisotopic (exact) mass is 450 g/mol. The van der Waals surface area contributed by atoms with Crippen LogP contribution in [0.25, 0.3) is 0 Å². The molecular weight excluding hydrogens is 432 g/mol. The number of aliphatic imine (C=N–C) groups is 1.